The molecule has 0 saturated carbocycles. The number of hydrogen-bond acceptors (Lipinski definition) is 0. The molecule has 2 aromatic carbocycles. The summed E-state index contributed by atoms with van der Waals surface area (Å²) < 4.78 is 0. The van der Waals surface area contributed by atoms with E-state index in [0.29, 0.717) is 0 Å². The summed E-state index contributed by atoms with van der Waals surface area (Å²) in [6.45, 7) is 11.2. The third kappa shape index (κ3) is 2.31. The van der Waals surface area contributed by atoms with Gasteiger partial charge in [-0.1, -0.05) is 87.1 Å². The van der Waals surface area contributed by atoms with E-state index in [2.05, 4.69) is 93.7 Å². The van der Waals surface area contributed by atoms with Crippen LogP contribution in [0.15, 0.2) is 72.9 Å². The van der Waals surface area contributed by atoms with E-state index in [4.69, 9.17) is 0 Å². The number of rotatable bonds is 3. The third-order valence-corrected chi connectivity index (χ3v) is 9.41. The molecule has 0 saturated heterocycles. The predicted molar refractivity (Wildman–Crippen MR) is 87.8 cm³/mol. The lowest BCUT2D eigenvalue weighted by Gasteiger charge is -2.41. The van der Waals surface area contributed by atoms with Gasteiger partial charge in [-0.25, -0.2) is 0 Å². The van der Waals surface area contributed by atoms with E-state index in [1.807, 2.05) is 0 Å². The molecule has 0 atom stereocenters. The van der Waals surface area contributed by atoms with Crippen molar-refractivity contribution in [3.63, 3.8) is 0 Å². The van der Waals surface area contributed by atoms with E-state index < -0.39 is 8.07 Å². The molecule has 0 aliphatic rings. The summed E-state index contributed by atoms with van der Waals surface area (Å²) >= 11 is 0. The molecule has 0 radical (unpaired) electrons. The second-order valence-corrected chi connectivity index (χ2v) is 10.7. The molecular formula is C18H22Si. The summed E-state index contributed by atoms with van der Waals surface area (Å²) in [7, 11) is -1.96. The minimum absolute atomic E-state index is 0.192. The van der Waals surface area contributed by atoms with E-state index in [1.165, 1.54) is 10.4 Å². The molecular weight excluding hydrogens is 244 g/mol. The van der Waals surface area contributed by atoms with E-state index in [9.17, 15) is 0 Å². The van der Waals surface area contributed by atoms with Crippen LogP contribution in [0.1, 0.15) is 20.8 Å². The molecule has 2 rings (SSSR count). The summed E-state index contributed by atoms with van der Waals surface area (Å²) in [6, 6.07) is 21.7. The maximum atomic E-state index is 4.21. The van der Waals surface area contributed by atoms with Crippen LogP contribution in [0.4, 0.5) is 0 Å². The second-order valence-electron chi connectivity index (χ2n) is 5.99. The van der Waals surface area contributed by atoms with Crippen molar-refractivity contribution < 1.29 is 0 Å². The highest BCUT2D eigenvalue weighted by atomic mass is 28.3. The molecule has 98 valence electrons. The van der Waals surface area contributed by atoms with Crippen molar-refractivity contribution in [3.8, 4) is 0 Å². The minimum Gasteiger partial charge on any atom is -0.106 e. The van der Waals surface area contributed by atoms with E-state index >= 15 is 0 Å². The minimum atomic E-state index is -1.96. The molecule has 0 unspecified atom stereocenters. The van der Waals surface area contributed by atoms with Crippen LogP contribution in [0.5, 0.6) is 0 Å². The van der Waals surface area contributed by atoms with Crippen LogP contribution in [0.25, 0.3) is 0 Å². The van der Waals surface area contributed by atoms with Gasteiger partial charge in [-0.2, -0.15) is 0 Å². The standard InChI is InChI=1S/C18H22Si/c1-5-19(18(2,3)4,16-12-8-6-9-13-16)17-14-10-7-11-15-17/h5-15H,1H2,2-4H3. The van der Waals surface area contributed by atoms with Gasteiger partial charge < -0.3 is 0 Å². The predicted octanol–water partition coefficient (Wildman–Crippen LogP) is 3.77. The van der Waals surface area contributed by atoms with Gasteiger partial charge in [0.15, 0.2) is 0 Å². The molecule has 2 aromatic rings. The second kappa shape index (κ2) is 5.18. The van der Waals surface area contributed by atoms with Gasteiger partial charge in [0.05, 0.1) is 0 Å². The van der Waals surface area contributed by atoms with Crippen molar-refractivity contribution in [2.24, 2.45) is 0 Å². The molecule has 0 fully saturated rings. The summed E-state index contributed by atoms with van der Waals surface area (Å²) in [5.41, 5.74) is 2.23. The molecule has 0 aliphatic carbocycles. The zero-order valence-electron chi connectivity index (χ0n) is 12.1. The molecule has 0 aromatic heterocycles. The van der Waals surface area contributed by atoms with Gasteiger partial charge in [0, 0.05) is 0 Å². The van der Waals surface area contributed by atoms with Crippen LogP contribution in [-0.2, 0) is 0 Å². The van der Waals surface area contributed by atoms with E-state index in [0.717, 1.165) is 0 Å². The Morgan fingerprint density at radius 1 is 0.789 bits per heavy atom. The molecule has 0 amide bonds. The van der Waals surface area contributed by atoms with E-state index in [1.54, 1.807) is 0 Å². The van der Waals surface area contributed by atoms with Crippen LogP contribution < -0.4 is 10.4 Å². The van der Waals surface area contributed by atoms with Crippen LogP contribution in [0.2, 0.25) is 5.04 Å². The average Bonchev–Trinajstić information content (AvgIpc) is 2.41. The van der Waals surface area contributed by atoms with Crippen molar-refractivity contribution in [2.45, 2.75) is 25.8 Å². The molecule has 0 nitrogen and oxygen atoms in total. The van der Waals surface area contributed by atoms with Crippen molar-refractivity contribution in [3.05, 3.63) is 72.9 Å². The van der Waals surface area contributed by atoms with Crippen LogP contribution in [0, 0.1) is 0 Å². The Kier molecular flexibility index (Phi) is 3.77. The zero-order chi connectivity index (χ0) is 13.9. The van der Waals surface area contributed by atoms with Crippen molar-refractivity contribution in [1.29, 1.82) is 0 Å². The molecule has 1 heteroatoms. The number of hydrogen-bond donors (Lipinski definition) is 0. The fraction of sp³-hybridized carbons (Fsp3) is 0.222. The first-order chi connectivity index (χ1) is 9.02. The fourth-order valence-electron chi connectivity index (χ4n) is 2.98. The molecule has 0 N–H and O–H groups in total. The lowest BCUT2D eigenvalue weighted by Crippen LogP contribution is -2.62. The van der Waals surface area contributed by atoms with Crippen LogP contribution in [0.3, 0.4) is 0 Å². The normalized spacial score (nSPS) is 12.2. The fourth-order valence-corrected chi connectivity index (χ4v) is 7.56. The van der Waals surface area contributed by atoms with Gasteiger partial charge in [-0.15, -0.1) is 6.58 Å². The first-order valence-electron chi connectivity index (χ1n) is 6.77. The summed E-state index contributed by atoms with van der Waals surface area (Å²) in [5, 5.41) is 3.06. The Labute approximate surface area is 117 Å². The maximum Gasteiger partial charge on any atom is 0.145 e. The van der Waals surface area contributed by atoms with Gasteiger partial charge >= 0.3 is 0 Å². The number of benzene rings is 2. The lowest BCUT2D eigenvalue weighted by atomic mass is 10.2. The first-order valence-corrected chi connectivity index (χ1v) is 8.85. The quantitative estimate of drug-likeness (QED) is 0.742. The molecule has 0 aliphatic heterocycles. The monoisotopic (exact) mass is 266 g/mol. The average molecular weight is 266 g/mol. The topological polar surface area (TPSA) is 0 Å². The Balaban J connectivity index is 2.74. The van der Waals surface area contributed by atoms with Crippen LogP contribution >= 0.6 is 0 Å². The highest BCUT2D eigenvalue weighted by Gasteiger charge is 2.44. The maximum absolute atomic E-state index is 4.21. The SMILES string of the molecule is C=C[Si](c1ccccc1)(c1ccccc1)C(C)(C)C. The van der Waals surface area contributed by atoms with Crippen molar-refractivity contribution in [1.82, 2.24) is 0 Å². The largest absolute Gasteiger partial charge is 0.145 e. The van der Waals surface area contributed by atoms with Gasteiger partial charge in [0.1, 0.15) is 8.07 Å². The van der Waals surface area contributed by atoms with Crippen LogP contribution in [-0.4, -0.2) is 8.07 Å². The third-order valence-electron chi connectivity index (χ3n) is 3.95. The van der Waals surface area contributed by atoms with Crippen molar-refractivity contribution >= 4 is 18.4 Å². The smallest absolute Gasteiger partial charge is 0.106 e. The van der Waals surface area contributed by atoms with Gasteiger partial charge in [-0.05, 0) is 15.4 Å². The highest BCUT2D eigenvalue weighted by Crippen LogP contribution is 2.36. The van der Waals surface area contributed by atoms with Gasteiger partial charge in [-0.3, -0.25) is 0 Å². The van der Waals surface area contributed by atoms with Crippen molar-refractivity contribution in [2.75, 3.05) is 0 Å². The van der Waals surface area contributed by atoms with Gasteiger partial charge in [0.2, 0.25) is 0 Å². The summed E-state index contributed by atoms with van der Waals surface area (Å²) in [5.74, 6) is 0. The lowest BCUT2D eigenvalue weighted by molar-refractivity contribution is 0.739. The molecule has 19 heavy (non-hydrogen) atoms. The Hall–Kier alpha value is -1.60. The molecule has 0 heterocycles. The molecule has 0 bridgehead atoms. The zero-order valence-corrected chi connectivity index (χ0v) is 13.1. The summed E-state index contributed by atoms with van der Waals surface area (Å²) in [6.07, 6.45) is 0. The first kappa shape index (κ1) is 13.8. The highest BCUT2D eigenvalue weighted by molar-refractivity contribution is 7.07. The molecule has 0 spiro atoms. The Morgan fingerprint density at radius 3 is 1.42 bits per heavy atom. The van der Waals surface area contributed by atoms with Gasteiger partial charge in [0.25, 0.3) is 0 Å². The summed E-state index contributed by atoms with van der Waals surface area (Å²) in [4.78, 5) is 0. The Bertz CT molecular complexity index is 495. The Morgan fingerprint density at radius 2 is 1.16 bits per heavy atom. The van der Waals surface area contributed by atoms with E-state index in [-0.39, 0.29) is 5.04 Å².